The van der Waals surface area contributed by atoms with Gasteiger partial charge in [-0.3, -0.25) is 0 Å². The summed E-state index contributed by atoms with van der Waals surface area (Å²) >= 11 is 0. The van der Waals surface area contributed by atoms with Crippen LogP contribution in [-0.2, 0) is 22.8 Å². The molecular weight excluding hydrogens is 515 g/mol. The van der Waals surface area contributed by atoms with E-state index in [0.29, 0.717) is 6.42 Å². The van der Waals surface area contributed by atoms with Gasteiger partial charge < -0.3 is 14.7 Å². The molecule has 0 bridgehead atoms. The molecule has 0 radical (unpaired) electrons. The molecule has 2 N–H and O–H groups in total. The SMILES string of the molecule is CN=S(=O)(N[C@@H]1CCC[C@H](N2c3ccccc3CCc3ccccc32)[C@@H]1O)c1ccc(OC(F)(F)F)cc1. The van der Waals surface area contributed by atoms with Crippen LogP contribution in [0, 0.1) is 0 Å². The van der Waals surface area contributed by atoms with Gasteiger partial charge in [0, 0.05) is 24.5 Å². The van der Waals surface area contributed by atoms with Crippen LogP contribution in [0.5, 0.6) is 5.75 Å². The number of benzene rings is 3. The van der Waals surface area contributed by atoms with Crippen LogP contribution in [0.15, 0.2) is 82.1 Å². The fourth-order valence-corrected chi connectivity index (χ4v) is 7.12. The monoisotopic (exact) mass is 545 g/mol. The van der Waals surface area contributed by atoms with Crippen LogP contribution >= 0.6 is 0 Å². The Morgan fingerprint density at radius 2 is 1.53 bits per heavy atom. The Morgan fingerprint density at radius 3 is 2.08 bits per heavy atom. The Morgan fingerprint density at radius 1 is 0.947 bits per heavy atom. The number of aliphatic hydroxyl groups is 1. The third kappa shape index (κ3) is 5.39. The van der Waals surface area contributed by atoms with E-state index in [9.17, 15) is 22.5 Å². The van der Waals surface area contributed by atoms with Crippen LogP contribution < -0.4 is 14.4 Å². The molecule has 1 fully saturated rings. The Hall–Kier alpha value is -3.08. The molecule has 0 aromatic heterocycles. The molecule has 10 heteroatoms. The number of halogens is 3. The van der Waals surface area contributed by atoms with Gasteiger partial charge in [-0.1, -0.05) is 36.4 Å². The zero-order chi connectivity index (χ0) is 26.9. The predicted molar refractivity (Wildman–Crippen MR) is 141 cm³/mol. The van der Waals surface area contributed by atoms with Crippen molar-refractivity contribution in [2.75, 3.05) is 11.9 Å². The van der Waals surface area contributed by atoms with Gasteiger partial charge in [0.15, 0.2) is 0 Å². The third-order valence-electron chi connectivity index (χ3n) is 7.26. The van der Waals surface area contributed by atoms with Crippen LogP contribution in [0.4, 0.5) is 24.5 Å². The summed E-state index contributed by atoms with van der Waals surface area (Å²) in [6, 6.07) is 20.5. The number of fused-ring (bicyclic) bond motifs is 2. The van der Waals surface area contributed by atoms with Crippen LogP contribution in [-0.4, -0.2) is 40.9 Å². The minimum absolute atomic E-state index is 0.217. The van der Waals surface area contributed by atoms with E-state index >= 15 is 0 Å². The molecule has 5 rings (SSSR count). The van der Waals surface area contributed by atoms with Crippen molar-refractivity contribution in [2.45, 2.75) is 61.5 Å². The number of alkyl halides is 3. The van der Waals surface area contributed by atoms with Crippen LogP contribution in [0.3, 0.4) is 0 Å². The van der Waals surface area contributed by atoms with Gasteiger partial charge in [-0.05, 0) is 79.6 Å². The first-order valence-corrected chi connectivity index (χ1v) is 14.1. The number of nitrogens with zero attached hydrogens (tertiary/aromatic N) is 2. The first kappa shape index (κ1) is 26.5. The highest BCUT2D eigenvalue weighted by atomic mass is 32.2. The summed E-state index contributed by atoms with van der Waals surface area (Å²) in [5.74, 6) is -0.407. The van der Waals surface area contributed by atoms with Crippen LogP contribution in [0.1, 0.15) is 30.4 Å². The highest BCUT2D eigenvalue weighted by Gasteiger charge is 2.39. The van der Waals surface area contributed by atoms with Gasteiger partial charge in [0.2, 0.25) is 0 Å². The van der Waals surface area contributed by atoms with Gasteiger partial charge in [-0.15, -0.1) is 13.2 Å². The fourth-order valence-electron chi connectivity index (χ4n) is 5.50. The van der Waals surface area contributed by atoms with E-state index in [1.807, 2.05) is 24.3 Å². The summed E-state index contributed by atoms with van der Waals surface area (Å²) in [4.78, 5) is 2.44. The second kappa shape index (κ2) is 10.6. The van der Waals surface area contributed by atoms with E-state index in [1.165, 1.54) is 30.3 Å². The van der Waals surface area contributed by atoms with E-state index in [1.54, 1.807) is 0 Å². The van der Waals surface area contributed by atoms with Gasteiger partial charge >= 0.3 is 6.36 Å². The van der Waals surface area contributed by atoms with Gasteiger partial charge in [-0.25, -0.2) is 13.3 Å². The maximum Gasteiger partial charge on any atom is 0.573 e. The molecular formula is C28H30F3N3O3S. The average Bonchev–Trinajstić information content (AvgIpc) is 3.06. The number of ether oxygens (including phenoxy) is 1. The largest absolute Gasteiger partial charge is 0.573 e. The number of aryl methyl sites for hydroxylation is 2. The van der Waals surface area contributed by atoms with Gasteiger partial charge in [0.05, 0.1) is 17.0 Å². The summed E-state index contributed by atoms with van der Waals surface area (Å²) in [5.41, 5.74) is 4.53. The normalized spacial score (nSPS) is 23.0. The summed E-state index contributed by atoms with van der Waals surface area (Å²) < 4.78 is 62.6. The van der Waals surface area contributed by atoms with Crippen molar-refractivity contribution in [3.8, 4) is 5.75 Å². The standard InChI is InChI=1S/C28H30F3N3O3S/c1-32-38(36,22-17-15-21(16-18-22)37-28(29,30)31)33-23-9-6-12-26(27(23)35)34-24-10-4-2-7-19(24)13-14-20-8-3-5-11-25(20)34/h2-5,7-8,10-11,15-18,23,26-27,35H,6,9,12-14H2,1H3,(H,32,33,36)/t23-,26+,27-,38?/m1/s1. The van der Waals surface area contributed by atoms with Crippen LogP contribution in [0.2, 0.25) is 0 Å². The number of hydrogen-bond donors (Lipinski definition) is 2. The number of rotatable bonds is 5. The van der Waals surface area contributed by atoms with E-state index in [4.69, 9.17) is 0 Å². The molecule has 38 heavy (non-hydrogen) atoms. The first-order valence-electron chi connectivity index (χ1n) is 12.6. The fraction of sp³-hybridized carbons (Fsp3) is 0.357. The number of hydrogen-bond acceptors (Lipinski definition) is 5. The highest BCUT2D eigenvalue weighted by molar-refractivity contribution is 7.91. The molecule has 1 unspecified atom stereocenters. The van der Waals surface area contributed by atoms with Gasteiger partial charge in [0.1, 0.15) is 15.7 Å². The minimum atomic E-state index is -4.82. The molecule has 3 aromatic carbocycles. The molecule has 4 atom stereocenters. The quantitative estimate of drug-likeness (QED) is 0.427. The molecule has 0 saturated heterocycles. The number of aliphatic hydroxyl groups excluding tert-OH is 1. The van der Waals surface area contributed by atoms with Crippen molar-refractivity contribution < 1.29 is 27.2 Å². The molecule has 2 aliphatic rings. The summed E-state index contributed by atoms with van der Waals surface area (Å²) in [6.07, 6.45) is -1.79. The van der Waals surface area contributed by atoms with E-state index in [2.05, 4.69) is 43.0 Å². The molecule has 202 valence electrons. The second-order valence-corrected chi connectivity index (χ2v) is 11.7. The van der Waals surface area contributed by atoms with E-state index < -0.39 is 34.2 Å². The average molecular weight is 546 g/mol. The lowest BCUT2D eigenvalue weighted by molar-refractivity contribution is -0.274. The highest BCUT2D eigenvalue weighted by Crippen LogP contribution is 2.41. The lowest BCUT2D eigenvalue weighted by Crippen LogP contribution is -2.55. The molecule has 3 aromatic rings. The Labute approximate surface area is 220 Å². The summed E-state index contributed by atoms with van der Waals surface area (Å²) in [5, 5.41) is 11.7. The molecule has 6 nitrogen and oxygen atoms in total. The second-order valence-electron chi connectivity index (χ2n) is 9.57. The number of para-hydroxylation sites is 2. The Kier molecular flexibility index (Phi) is 7.39. The van der Waals surface area contributed by atoms with Gasteiger partial charge in [-0.2, -0.15) is 0 Å². The third-order valence-corrected chi connectivity index (χ3v) is 9.31. The maximum absolute atomic E-state index is 13.8. The van der Waals surface area contributed by atoms with Crippen molar-refractivity contribution in [1.82, 2.24) is 4.72 Å². The molecule has 1 aliphatic heterocycles. The molecule has 0 amide bonds. The lowest BCUT2D eigenvalue weighted by atomic mass is 9.86. The van der Waals surface area contributed by atoms with Crippen molar-refractivity contribution in [3.05, 3.63) is 83.9 Å². The number of nitrogens with one attached hydrogen (secondary N) is 1. The van der Waals surface area contributed by atoms with Crippen LogP contribution in [0.25, 0.3) is 0 Å². The van der Waals surface area contributed by atoms with E-state index in [-0.39, 0.29) is 10.9 Å². The minimum Gasteiger partial charge on any atom is -0.406 e. The van der Waals surface area contributed by atoms with Crippen molar-refractivity contribution in [2.24, 2.45) is 4.36 Å². The number of anilines is 2. The topological polar surface area (TPSA) is 74.2 Å². The zero-order valence-electron chi connectivity index (χ0n) is 20.9. The molecule has 1 saturated carbocycles. The van der Waals surface area contributed by atoms with Crippen molar-refractivity contribution in [3.63, 3.8) is 0 Å². The summed E-state index contributed by atoms with van der Waals surface area (Å²) in [6.45, 7) is 0. The van der Waals surface area contributed by atoms with Crippen molar-refractivity contribution >= 4 is 21.3 Å². The maximum atomic E-state index is 13.8. The first-order chi connectivity index (χ1) is 18.2. The van der Waals surface area contributed by atoms with Crippen molar-refractivity contribution in [1.29, 1.82) is 0 Å². The Balaban J connectivity index is 1.44. The summed E-state index contributed by atoms with van der Waals surface area (Å²) in [7, 11) is -1.83. The molecule has 0 spiro atoms. The smallest absolute Gasteiger partial charge is 0.406 e. The molecule has 1 heterocycles. The zero-order valence-corrected chi connectivity index (χ0v) is 21.7. The molecule has 1 aliphatic carbocycles. The van der Waals surface area contributed by atoms with Gasteiger partial charge in [0.25, 0.3) is 0 Å². The lowest BCUT2D eigenvalue weighted by Gasteiger charge is -2.43. The predicted octanol–water partition coefficient (Wildman–Crippen LogP) is 5.77. The van der Waals surface area contributed by atoms with E-state index in [0.717, 1.165) is 49.2 Å². The Bertz CT molecular complexity index is 1360.